The monoisotopic (exact) mass is 216 g/mol. The highest BCUT2D eigenvalue weighted by Gasteiger charge is 2.04. The Morgan fingerprint density at radius 3 is 2.69 bits per heavy atom. The van der Waals surface area contributed by atoms with Gasteiger partial charge in [-0.3, -0.25) is 0 Å². The largest absolute Gasteiger partial charge is 0.490 e. The van der Waals surface area contributed by atoms with Crippen molar-refractivity contribution in [2.45, 2.75) is 19.4 Å². The number of aliphatic hydroxyl groups excluding tert-OH is 1. The minimum atomic E-state index is -0.390. The van der Waals surface area contributed by atoms with Crippen LogP contribution in [0.25, 0.3) is 10.8 Å². The van der Waals surface area contributed by atoms with Crippen molar-refractivity contribution in [3.8, 4) is 5.75 Å². The molecule has 84 valence electrons. The van der Waals surface area contributed by atoms with E-state index in [1.54, 1.807) is 0 Å². The highest BCUT2D eigenvalue weighted by atomic mass is 16.5. The van der Waals surface area contributed by atoms with Gasteiger partial charge in [-0.1, -0.05) is 43.3 Å². The summed E-state index contributed by atoms with van der Waals surface area (Å²) in [7, 11) is 0. The quantitative estimate of drug-likeness (QED) is 0.851. The Balaban J connectivity index is 2.23. The van der Waals surface area contributed by atoms with E-state index in [4.69, 9.17) is 4.74 Å². The van der Waals surface area contributed by atoms with Gasteiger partial charge in [0.05, 0.1) is 6.10 Å². The molecule has 0 heterocycles. The van der Waals surface area contributed by atoms with Crippen LogP contribution in [0.2, 0.25) is 0 Å². The van der Waals surface area contributed by atoms with Crippen LogP contribution in [0.3, 0.4) is 0 Å². The lowest BCUT2D eigenvalue weighted by Crippen LogP contribution is -2.16. The van der Waals surface area contributed by atoms with Gasteiger partial charge in [-0.15, -0.1) is 0 Å². The Labute approximate surface area is 95.5 Å². The molecule has 0 saturated carbocycles. The number of aliphatic hydroxyl groups is 1. The molecular weight excluding hydrogens is 200 g/mol. The van der Waals surface area contributed by atoms with Gasteiger partial charge in [0.2, 0.25) is 0 Å². The number of fused-ring (bicyclic) bond motifs is 1. The molecule has 0 saturated heterocycles. The molecule has 0 spiro atoms. The molecule has 0 bridgehead atoms. The summed E-state index contributed by atoms with van der Waals surface area (Å²) in [5.41, 5.74) is 0. The molecule has 0 fully saturated rings. The fourth-order valence-electron chi connectivity index (χ4n) is 1.63. The van der Waals surface area contributed by atoms with Crippen LogP contribution in [0.1, 0.15) is 13.3 Å². The fraction of sp³-hybridized carbons (Fsp3) is 0.286. The predicted molar refractivity (Wildman–Crippen MR) is 65.7 cm³/mol. The Bertz CT molecular complexity index is 460. The summed E-state index contributed by atoms with van der Waals surface area (Å²) in [6.07, 6.45) is 0.323. The number of hydrogen-bond acceptors (Lipinski definition) is 2. The van der Waals surface area contributed by atoms with Crippen LogP contribution < -0.4 is 4.74 Å². The molecule has 2 aromatic rings. The molecule has 2 rings (SSSR count). The van der Waals surface area contributed by atoms with Crippen LogP contribution in [0.4, 0.5) is 0 Å². The molecule has 0 unspecified atom stereocenters. The van der Waals surface area contributed by atoms with Gasteiger partial charge in [-0.25, -0.2) is 0 Å². The van der Waals surface area contributed by atoms with Crippen molar-refractivity contribution in [3.63, 3.8) is 0 Å². The van der Waals surface area contributed by atoms with E-state index in [2.05, 4.69) is 12.1 Å². The molecule has 0 aromatic heterocycles. The Kier molecular flexibility index (Phi) is 3.42. The number of rotatable bonds is 4. The summed E-state index contributed by atoms with van der Waals surface area (Å²) >= 11 is 0. The number of hydrogen-bond donors (Lipinski definition) is 1. The van der Waals surface area contributed by atoms with Crippen LogP contribution in [0.5, 0.6) is 5.75 Å². The zero-order valence-electron chi connectivity index (χ0n) is 9.39. The standard InChI is InChI=1S/C14H16O2/c1-2-12(15)10-16-14-9-5-7-11-6-3-4-8-13(11)14/h3-9,12,15H,2,10H2,1H3/t12-/m0/s1. The Morgan fingerprint density at radius 2 is 1.88 bits per heavy atom. The van der Waals surface area contributed by atoms with E-state index >= 15 is 0 Å². The minimum absolute atomic E-state index is 0.352. The molecule has 2 heteroatoms. The first-order valence-corrected chi connectivity index (χ1v) is 5.60. The lowest BCUT2D eigenvalue weighted by molar-refractivity contribution is 0.105. The van der Waals surface area contributed by atoms with Crippen LogP contribution in [-0.4, -0.2) is 17.8 Å². The van der Waals surface area contributed by atoms with Crippen molar-refractivity contribution >= 4 is 10.8 Å². The van der Waals surface area contributed by atoms with Gasteiger partial charge in [-0.05, 0) is 17.9 Å². The maximum atomic E-state index is 9.47. The summed E-state index contributed by atoms with van der Waals surface area (Å²) in [6, 6.07) is 14.0. The molecular formula is C14H16O2. The smallest absolute Gasteiger partial charge is 0.127 e. The lowest BCUT2D eigenvalue weighted by Gasteiger charge is -2.12. The fourth-order valence-corrected chi connectivity index (χ4v) is 1.63. The zero-order valence-corrected chi connectivity index (χ0v) is 9.39. The molecule has 1 N–H and O–H groups in total. The molecule has 0 aliphatic rings. The van der Waals surface area contributed by atoms with Gasteiger partial charge in [0.15, 0.2) is 0 Å². The van der Waals surface area contributed by atoms with E-state index < -0.39 is 0 Å². The summed E-state index contributed by atoms with van der Waals surface area (Å²) in [5.74, 6) is 0.839. The second-order valence-corrected chi connectivity index (χ2v) is 3.85. The first-order chi connectivity index (χ1) is 7.81. The topological polar surface area (TPSA) is 29.5 Å². The van der Waals surface area contributed by atoms with Crippen LogP contribution in [-0.2, 0) is 0 Å². The van der Waals surface area contributed by atoms with Gasteiger partial charge in [0.25, 0.3) is 0 Å². The predicted octanol–water partition coefficient (Wildman–Crippen LogP) is 2.99. The van der Waals surface area contributed by atoms with Gasteiger partial charge >= 0.3 is 0 Å². The minimum Gasteiger partial charge on any atom is -0.490 e. The van der Waals surface area contributed by atoms with E-state index in [9.17, 15) is 5.11 Å². The maximum Gasteiger partial charge on any atom is 0.127 e. The first kappa shape index (κ1) is 11.0. The molecule has 0 amide bonds. The van der Waals surface area contributed by atoms with Crippen molar-refractivity contribution in [1.29, 1.82) is 0 Å². The Hall–Kier alpha value is -1.54. The number of ether oxygens (including phenoxy) is 1. The third-order valence-corrected chi connectivity index (χ3v) is 2.65. The molecule has 1 atom stereocenters. The average Bonchev–Trinajstić information content (AvgIpc) is 2.35. The van der Waals surface area contributed by atoms with E-state index in [0.717, 1.165) is 16.5 Å². The molecule has 2 nitrogen and oxygen atoms in total. The van der Waals surface area contributed by atoms with Gasteiger partial charge in [0.1, 0.15) is 12.4 Å². The van der Waals surface area contributed by atoms with Gasteiger partial charge in [0, 0.05) is 5.39 Å². The average molecular weight is 216 g/mol. The summed E-state index contributed by atoms with van der Waals surface area (Å²) in [4.78, 5) is 0. The third kappa shape index (κ3) is 2.34. The highest BCUT2D eigenvalue weighted by molar-refractivity contribution is 5.88. The van der Waals surface area contributed by atoms with Crippen LogP contribution in [0, 0.1) is 0 Å². The van der Waals surface area contributed by atoms with Crippen molar-refractivity contribution in [2.24, 2.45) is 0 Å². The van der Waals surface area contributed by atoms with E-state index in [1.807, 2.05) is 37.3 Å². The zero-order chi connectivity index (χ0) is 11.4. The SMILES string of the molecule is CC[C@H](O)COc1cccc2ccccc12. The second-order valence-electron chi connectivity index (χ2n) is 3.85. The lowest BCUT2D eigenvalue weighted by atomic mass is 10.1. The van der Waals surface area contributed by atoms with Crippen molar-refractivity contribution < 1.29 is 9.84 Å². The van der Waals surface area contributed by atoms with Crippen molar-refractivity contribution in [2.75, 3.05) is 6.61 Å². The molecule has 0 aliphatic carbocycles. The molecule has 2 aromatic carbocycles. The Morgan fingerprint density at radius 1 is 1.12 bits per heavy atom. The van der Waals surface area contributed by atoms with E-state index in [-0.39, 0.29) is 6.10 Å². The van der Waals surface area contributed by atoms with Crippen molar-refractivity contribution in [3.05, 3.63) is 42.5 Å². The molecule has 0 aliphatic heterocycles. The second kappa shape index (κ2) is 4.99. The van der Waals surface area contributed by atoms with Gasteiger partial charge < -0.3 is 9.84 Å². The van der Waals surface area contributed by atoms with Crippen LogP contribution >= 0.6 is 0 Å². The normalized spacial score (nSPS) is 12.6. The van der Waals surface area contributed by atoms with Crippen molar-refractivity contribution in [1.82, 2.24) is 0 Å². The van der Waals surface area contributed by atoms with Gasteiger partial charge in [-0.2, -0.15) is 0 Å². The van der Waals surface area contributed by atoms with E-state index in [1.165, 1.54) is 0 Å². The van der Waals surface area contributed by atoms with Crippen LogP contribution in [0.15, 0.2) is 42.5 Å². The summed E-state index contributed by atoms with van der Waals surface area (Å²) < 4.78 is 5.62. The number of benzene rings is 2. The van der Waals surface area contributed by atoms with E-state index in [0.29, 0.717) is 13.0 Å². The summed E-state index contributed by atoms with van der Waals surface area (Å²) in [6.45, 7) is 2.29. The maximum absolute atomic E-state index is 9.47. The third-order valence-electron chi connectivity index (χ3n) is 2.65. The highest BCUT2D eigenvalue weighted by Crippen LogP contribution is 2.25. The molecule has 16 heavy (non-hydrogen) atoms. The first-order valence-electron chi connectivity index (χ1n) is 5.60. The molecule has 0 radical (unpaired) electrons. The summed E-state index contributed by atoms with van der Waals surface area (Å²) in [5, 5.41) is 11.7.